The largest absolute Gasteiger partial charge is 0.296 e. The van der Waals surface area contributed by atoms with Crippen LogP contribution in [-0.4, -0.2) is 16.1 Å². The Kier molecular flexibility index (Phi) is 5.48. The number of hydrogen-bond donors (Lipinski definition) is 1. The van der Waals surface area contributed by atoms with Gasteiger partial charge in [0.2, 0.25) is 5.13 Å². The van der Waals surface area contributed by atoms with Gasteiger partial charge in [0.15, 0.2) is 4.34 Å². The van der Waals surface area contributed by atoms with Crippen LogP contribution in [0.25, 0.3) is 0 Å². The van der Waals surface area contributed by atoms with Gasteiger partial charge in [0.1, 0.15) is 0 Å². The Morgan fingerprint density at radius 2 is 2.00 bits per heavy atom. The molecule has 3 aromatic rings. The predicted octanol–water partition coefficient (Wildman–Crippen LogP) is 4.63. The number of amides is 1. The second-order valence-electron chi connectivity index (χ2n) is 5.25. The molecule has 0 bridgehead atoms. The van der Waals surface area contributed by atoms with Gasteiger partial charge in [0.25, 0.3) is 5.91 Å². The zero-order chi connectivity index (χ0) is 17.8. The quantitative estimate of drug-likeness (QED) is 0.511. The summed E-state index contributed by atoms with van der Waals surface area (Å²) in [4.78, 5) is 14.4. The molecule has 0 saturated heterocycles. The smallest absolute Gasteiger partial charge is 0.258 e. The van der Waals surface area contributed by atoms with Gasteiger partial charge in [-0.3, -0.25) is 10.1 Å². The van der Waals surface area contributed by atoms with Gasteiger partial charge < -0.3 is 0 Å². The number of carbonyl (C=O) groups excluding carboxylic acids is 1. The second kappa shape index (κ2) is 7.78. The summed E-state index contributed by atoms with van der Waals surface area (Å²) in [6.45, 7) is 3.92. The number of anilines is 1. The molecule has 8 heteroatoms. The van der Waals surface area contributed by atoms with Gasteiger partial charge in [-0.2, -0.15) is 5.26 Å². The van der Waals surface area contributed by atoms with Crippen LogP contribution in [0, 0.1) is 25.2 Å². The Balaban J connectivity index is 1.59. The minimum atomic E-state index is -0.151. The third kappa shape index (κ3) is 4.45. The number of hydrogen-bond acceptors (Lipinski definition) is 7. The van der Waals surface area contributed by atoms with Gasteiger partial charge in [-0.1, -0.05) is 35.2 Å². The first-order valence-corrected chi connectivity index (χ1v) is 10.0. The number of nitriles is 1. The van der Waals surface area contributed by atoms with E-state index in [2.05, 4.69) is 21.6 Å². The molecule has 0 aliphatic carbocycles. The molecular weight excluding hydrogens is 372 g/mol. The molecule has 1 aromatic carbocycles. The summed E-state index contributed by atoms with van der Waals surface area (Å²) in [5.41, 5.74) is 2.44. The molecule has 0 spiro atoms. The average Bonchev–Trinajstić information content (AvgIpc) is 3.19. The van der Waals surface area contributed by atoms with Crippen LogP contribution in [0.15, 0.2) is 34.7 Å². The van der Waals surface area contributed by atoms with Crippen LogP contribution >= 0.6 is 34.4 Å². The van der Waals surface area contributed by atoms with E-state index in [1.165, 1.54) is 11.3 Å². The van der Waals surface area contributed by atoms with Crippen LogP contribution in [-0.2, 0) is 5.75 Å². The SMILES string of the molecule is Cc1cc(C(=O)Nc2nnc(SCc3ccc(C#N)cc3)s2)c(C)s1. The zero-order valence-corrected chi connectivity index (χ0v) is 16.0. The lowest BCUT2D eigenvalue weighted by atomic mass is 10.2. The number of nitrogens with one attached hydrogen (secondary N) is 1. The fourth-order valence-corrected chi connectivity index (χ4v) is 4.78. The first-order chi connectivity index (χ1) is 12.0. The summed E-state index contributed by atoms with van der Waals surface area (Å²) in [6.07, 6.45) is 0. The molecule has 0 aliphatic rings. The average molecular weight is 387 g/mol. The third-order valence-electron chi connectivity index (χ3n) is 3.36. The topological polar surface area (TPSA) is 78.7 Å². The van der Waals surface area contributed by atoms with Crippen molar-refractivity contribution in [1.29, 1.82) is 5.26 Å². The first-order valence-electron chi connectivity index (χ1n) is 7.39. The minimum Gasteiger partial charge on any atom is -0.296 e. The number of thiophene rings is 1. The van der Waals surface area contributed by atoms with Crippen molar-refractivity contribution in [2.45, 2.75) is 23.9 Å². The molecule has 0 saturated carbocycles. The molecule has 2 aromatic heterocycles. The number of nitrogens with zero attached hydrogens (tertiary/aromatic N) is 3. The maximum absolute atomic E-state index is 12.3. The van der Waals surface area contributed by atoms with Crippen molar-refractivity contribution >= 4 is 45.5 Å². The molecule has 5 nitrogen and oxygen atoms in total. The van der Waals surface area contributed by atoms with Crippen LogP contribution < -0.4 is 5.32 Å². The number of carbonyl (C=O) groups is 1. The lowest BCUT2D eigenvalue weighted by Crippen LogP contribution is -2.11. The van der Waals surface area contributed by atoms with Crippen LogP contribution in [0.5, 0.6) is 0 Å². The van der Waals surface area contributed by atoms with Crippen molar-refractivity contribution in [3.63, 3.8) is 0 Å². The van der Waals surface area contributed by atoms with Crippen molar-refractivity contribution in [1.82, 2.24) is 10.2 Å². The molecular formula is C17H14N4OS3. The van der Waals surface area contributed by atoms with E-state index in [0.29, 0.717) is 16.3 Å². The lowest BCUT2D eigenvalue weighted by molar-refractivity contribution is 0.102. The number of benzene rings is 1. The number of rotatable bonds is 5. The zero-order valence-electron chi connectivity index (χ0n) is 13.6. The van der Waals surface area contributed by atoms with Crippen molar-refractivity contribution in [2.75, 3.05) is 5.32 Å². The van der Waals surface area contributed by atoms with Gasteiger partial charge >= 0.3 is 0 Å². The normalized spacial score (nSPS) is 10.4. The predicted molar refractivity (Wildman–Crippen MR) is 102 cm³/mol. The molecule has 1 amide bonds. The molecule has 0 fully saturated rings. The highest BCUT2D eigenvalue weighted by Crippen LogP contribution is 2.29. The van der Waals surface area contributed by atoms with Gasteiger partial charge in [-0.25, -0.2) is 0 Å². The highest BCUT2D eigenvalue weighted by molar-refractivity contribution is 8.00. The molecule has 0 radical (unpaired) electrons. The summed E-state index contributed by atoms with van der Waals surface area (Å²) < 4.78 is 0.790. The Bertz CT molecular complexity index is 938. The maximum atomic E-state index is 12.3. The molecule has 0 aliphatic heterocycles. The van der Waals surface area contributed by atoms with Gasteiger partial charge in [0.05, 0.1) is 17.2 Å². The molecule has 3 rings (SSSR count). The van der Waals surface area contributed by atoms with Gasteiger partial charge in [-0.15, -0.1) is 21.5 Å². The van der Waals surface area contributed by atoms with Crippen LogP contribution in [0.2, 0.25) is 0 Å². The number of aromatic nitrogens is 2. The van der Waals surface area contributed by atoms with Gasteiger partial charge in [0, 0.05) is 15.5 Å². The van der Waals surface area contributed by atoms with Crippen molar-refractivity contribution in [3.05, 3.63) is 56.8 Å². The summed E-state index contributed by atoms with van der Waals surface area (Å²) in [5.74, 6) is 0.582. The molecule has 25 heavy (non-hydrogen) atoms. The summed E-state index contributed by atoms with van der Waals surface area (Å²) in [6, 6.07) is 11.4. The number of thioether (sulfide) groups is 1. The number of aryl methyl sites for hydroxylation is 2. The molecule has 2 heterocycles. The van der Waals surface area contributed by atoms with Crippen molar-refractivity contribution < 1.29 is 4.79 Å². The van der Waals surface area contributed by atoms with E-state index in [4.69, 9.17) is 5.26 Å². The fraction of sp³-hybridized carbons (Fsp3) is 0.176. The van der Waals surface area contributed by atoms with E-state index in [1.54, 1.807) is 35.2 Å². The highest BCUT2D eigenvalue weighted by atomic mass is 32.2. The van der Waals surface area contributed by atoms with E-state index < -0.39 is 0 Å². The van der Waals surface area contributed by atoms with Crippen LogP contribution in [0.4, 0.5) is 5.13 Å². The van der Waals surface area contributed by atoms with E-state index >= 15 is 0 Å². The van der Waals surface area contributed by atoms with E-state index in [9.17, 15) is 4.79 Å². The lowest BCUT2D eigenvalue weighted by Gasteiger charge is -1.99. The highest BCUT2D eigenvalue weighted by Gasteiger charge is 2.14. The summed E-state index contributed by atoms with van der Waals surface area (Å²) >= 11 is 4.51. The van der Waals surface area contributed by atoms with Crippen LogP contribution in [0.3, 0.4) is 0 Å². The Labute approximate surface area is 157 Å². The summed E-state index contributed by atoms with van der Waals surface area (Å²) in [7, 11) is 0. The van der Waals surface area contributed by atoms with E-state index in [-0.39, 0.29) is 5.91 Å². The fourth-order valence-electron chi connectivity index (χ4n) is 2.16. The van der Waals surface area contributed by atoms with Gasteiger partial charge in [-0.05, 0) is 37.6 Å². The van der Waals surface area contributed by atoms with Crippen molar-refractivity contribution in [2.24, 2.45) is 0 Å². The van der Waals surface area contributed by atoms with Crippen molar-refractivity contribution in [3.8, 4) is 6.07 Å². The first kappa shape index (κ1) is 17.6. The second-order valence-corrected chi connectivity index (χ2v) is 8.91. The molecule has 126 valence electrons. The third-order valence-corrected chi connectivity index (χ3v) is 6.37. The maximum Gasteiger partial charge on any atom is 0.258 e. The minimum absolute atomic E-state index is 0.151. The monoisotopic (exact) mass is 386 g/mol. The Morgan fingerprint density at radius 3 is 2.64 bits per heavy atom. The van der Waals surface area contributed by atoms with E-state index in [0.717, 1.165) is 25.4 Å². The molecule has 1 N–H and O–H groups in total. The standard InChI is InChI=1S/C17H14N4OS3/c1-10-7-14(11(2)24-10)15(22)19-16-20-21-17(25-16)23-9-13-5-3-12(8-18)4-6-13/h3-7H,9H2,1-2H3,(H,19,20,22). The Hall–Kier alpha value is -2.21. The van der Waals surface area contributed by atoms with E-state index in [1.807, 2.05) is 32.0 Å². The molecule has 0 atom stereocenters. The van der Waals surface area contributed by atoms with Crippen LogP contribution in [0.1, 0.15) is 31.2 Å². The molecule has 0 unspecified atom stereocenters. The summed E-state index contributed by atoms with van der Waals surface area (Å²) in [5, 5.41) is 20.3. The Morgan fingerprint density at radius 1 is 1.24 bits per heavy atom.